The largest absolute Gasteiger partial charge is 0.447 e. The smallest absolute Gasteiger partial charge is 0.277 e. The van der Waals surface area contributed by atoms with E-state index < -0.39 is 11.7 Å². The van der Waals surface area contributed by atoms with Crippen molar-refractivity contribution in [1.82, 2.24) is 14.8 Å². The van der Waals surface area contributed by atoms with Crippen LogP contribution in [0.25, 0.3) is 0 Å². The lowest BCUT2D eigenvalue weighted by Gasteiger charge is -2.34. The zero-order valence-corrected chi connectivity index (χ0v) is 15.4. The van der Waals surface area contributed by atoms with Gasteiger partial charge in [-0.2, -0.15) is 0 Å². The van der Waals surface area contributed by atoms with E-state index in [9.17, 15) is 14.3 Å². The summed E-state index contributed by atoms with van der Waals surface area (Å²) >= 11 is 0. The van der Waals surface area contributed by atoms with Gasteiger partial charge in [0.2, 0.25) is 5.89 Å². The van der Waals surface area contributed by atoms with Crippen molar-refractivity contribution in [1.29, 1.82) is 0 Å². The second-order valence-electron chi connectivity index (χ2n) is 6.73. The monoisotopic (exact) mass is 376 g/mol. The van der Waals surface area contributed by atoms with E-state index in [1.54, 1.807) is 6.07 Å². The number of benzene rings is 1. The maximum absolute atomic E-state index is 13.2. The third-order valence-electron chi connectivity index (χ3n) is 4.63. The first kappa shape index (κ1) is 19.5. The molecule has 0 aliphatic carbocycles. The molecule has 0 bridgehead atoms. The Morgan fingerprint density at radius 2 is 2.07 bits per heavy atom. The van der Waals surface area contributed by atoms with Gasteiger partial charge < -0.3 is 14.8 Å². The fraction of sp³-hybridized carbons (Fsp3) is 0.474. The highest BCUT2D eigenvalue weighted by molar-refractivity contribution is 6.02. The van der Waals surface area contributed by atoms with Crippen molar-refractivity contribution in [2.75, 3.05) is 38.0 Å². The summed E-state index contributed by atoms with van der Waals surface area (Å²) in [5, 5.41) is 12.3. The first-order chi connectivity index (χ1) is 13.0. The van der Waals surface area contributed by atoms with Crippen LogP contribution in [0, 0.1) is 5.82 Å². The number of hydrogen-bond acceptors (Lipinski definition) is 6. The average Bonchev–Trinajstić information content (AvgIpc) is 3.12. The van der Waals surface area contributed by atoms with Gasteiger partial charge in [0.15, 0.2) is 5.69 Å². The number of halogens is 1. The van der Waals surface area contributed by atoms with Crippen molar-refractivity contribution >= 4 is 11.6 Å². The Balaban J connectivity index is 1.49. The van der Waals surface area contributed by atoms with Crippen molar-refractivity contribution in [2.45, 2.75) is 26.0 Å². The number of aliphatic hydroxyl groups is 1. The van der Waals surface area contributed by atoms with E-state index in [1.807, 2.05) is 6.92 Å². The number of piperazine rings is 1. The minimum Gasteiger partial charge on any atom is -0.447 e. The Morgan fingerprint density at radius 1 is 1.33 bits per heavy atom. The summed E-state index contributed by atoms with van der Waals surface area (Å²) in [7, 11) is 0. The van der Waals surface area contributed by atoms with E-state index in [2.05, 4.69) is 20.1 Å². The highest BCUT2D eigenvalue weighted by Gasteiger charge is 2.21. The quantitative estimate of drug-likeness (QED) is 0.769. The van der Waals surface area contributed by atoms with E-state index in [1.165, 1.54) is 24.5 Å². The molecule has 0 spiro atoms. The molecule has 1 aliphatic heterocycles. The number of oxazole rings is 1. The van der Waals surface area contributed by atoms with E-state index in [0.717, 1.165) is 32.6 Å². The number of nitrogens with one attached hydrogen (secondary N) is 1. The van der Waals surface area contributed by atoms with Crippen LogP contribution in [0.3, 0.4) is 0 Å². The van der Waals surface area contributed by atoms with Crippen molar-refractivity contribution in [3.63, 3.8) is 0 Å². The van der Waals surface area contributed by atoms with Crippen molar-refractivity contribution in [3.05, 3.63) is 47.9 Å². The summed E-state index contributed by atoms with van der Waals surface area (Å²) < 4.78 is 18.6. The Bertz CT molecular complexity index is 759. The van der Waals surface area contributed by atoms with Crippen LogP contribution in [0.1, 0.15) is 29.7 Å². The number of β-amino-alcohol motifs (C(OH)–C–C–N with tert-alkyl or cyclic N) is 1. The predicted octanol–water partition coefficient (Wildman–Crippen LogP) is 1.95. The van der Waals surface area contributed by atoms with Crippen LogP contribution in [-0.2, 0) is 6.54 Å². The topological polar surface area (TPSA) is 81.8 Å². The Morgan fingerprint density at radius 3 is 2.78 bits per heavy atom. The number of amides is 1. The lowest BCUT2D eigenvalue weighted by atomic mass is 10.2. The zero-order chi connectivity index (χ0) is 19.2. The van der Waals surface area contributed by atoms with Crippen LogP contribution in [-0.4, -0.2) is 64.6 Å². The number of carbonyl (C=O) groups excluding carboxylic acids is 1. The molecule has 1 amide bonds. The van der Waals surface area contributed by atoms with E-state index in [-0.39, 0.29) is 11.8 Å². The molecule has 3 rings (SSSR count). The first-order valence-electron chi connectivity index (χ1n) is 9.17. The van der Waals surface area contributed by atoms with Gasteiger partial charge in [-0.05, 0) is 24.6 Å². The minimum atomic E-state index is -0.436. The fourth-order valence-corrected chi connectivity index (χ4v) is 3.00. The molecule has 2 aromatic rings. The van der Waals surface area contributed by atoms with Gasteiger partial charge in [-0.1, -0.05) is 13.0 Å². The second-order valence-corrected chi connectivity index (χ2v) is 6.73. The summed E-state index contributed by atoms with van der Waals surface area (Å²) in [6.07, 6.45) is 1.80. The number of aliphatic hydroxyl groups excluding tert-OH is 1. The molecular formula is C19H25FN4O3. The summed E-state index contributed by atoms with van der Waals surface area (Å²) in [5.41, 5.74) is 0.536. The number of nitrogens with zero attached hydrogens (tertiary/aromatic N) is 3. The molecule has 1 atom stereocenters. The first-order valence-corrected chi connectivity index (χ1v) is 9.17. The van der Waals surface area contributed by atoms with Crippen LogP contribution in [0.2, 0.25) is 0 Å². The molecule has 146 valence electrons. The molecule has 1 aliphatic rings. The lowest BCUT2D eigenvalue weighted by molar-refractivity contribution is 0.0658. The minimum absolute atomic E-state index is 0.166. The van der Waals surface area contributed by atoms with Gasteiger partial charge in [-0.15, -0.1) is 0 Å². The molecule has 8 heteroatoms. The van der Waals surface area contributed by atoms with Crippen LogP contribution < -0.4 is 5.32 Å². The molecule has 7 nitrogen and oxygen atoms in total. The van der Waals surface area contributed by atoms with Gasteiger partial charge >= 0.3 is 0 Å². The predicted molar refractivity (Wildman–Crippen MR) is 98.9 cm³/mol. The standard InChI is InChI=1S/C19H25FN4O3/c1-2-16(25)11-23-6-8-24(9-7-23)12-18-22-17(13-27-18)19(26)21-15-5-3-4-14(20)10-15/h3-5,10,13,16,25H,2,6-9,11-12H2,1H3,(H,21,26)/t16-/m1/s1. The molecule has 2 heterocycles. The summed E-state index contributed by atoms with van der Waals surface area (Å²) in [6, 6.07) is 5.69. The summed E-state index contributed by atoms with van der Waals surface area (Å²) in [6.45, 7) is 6.67. The number of rotatable bonds is 7. The van der Waals surface area contributed by atoms with E-state index in [0.29, 0.717) is 24.7 Å². The molecule has 0 radical (unpaired) electrons. The lowest BCUT2D eigenvalue weighted by Crippen LogP contribution is -2.48. The number of carbonyl (C=O) groups is 1. The third kappa shape index (κ3) is 5.59. The van der Waals surface area contributed by atoms with Crippen LogP contribution in [0.4, 0.5) is 10.1 Å². The van der Waals surface area contributed by atoms with E-state index >= 15 is 0 Å². The Hall–Kier alpha value is -2.29. The van der Waals surface area contributed by atoms with Crippen LogP contribution in [0.5, 0.6) is 0 Å². The maximum Gasteiger partial charge on any atom is 0.277 e. The Labute approximate surface area is 157 Å². The SMILES string of the molecule is CC[C@@H](O)CN1CCN(Cc2nc(C(=O)Nc3cccc(F)c3)co2)CC1. The molecule has 0 unspecified atom stereocenters. The second kappa shape index (κ2) is 9.07. The number of aromatic nitrogens is 1. The number of hydrogen-bond donors (Lipinski definition) is 2. The highest BCUT2D eigenvalue weighted by atomic mass is 19.1. The summed E-state index contributed by atoms with van der Waals surface area (Å²) in [5.74, 6) is -0.380. The molecular weight excluding hydrogens is 351 g/mol. The van der Waals surface area contributed by atoms with Crippen LogP contribution in [0.15, 0.2) is 34.9 Å². The van der Waals surface area contributed by atoms with Crippen molar-refractivity contribution in [3.8, 4) is 0 Å². The molecule has 1 saturated heterocycles. The maximum atomic E-state index is 13.2. The third-order valence-corrected chi connectivity index (χ3v) is 4.63. The van der Waals surface area contributed by atoms with Crippen LogP contribution >= 0.6 is 0 Å². The number of anilines is 1. The molecule has 0 saturated carbocycles. The van der Waals surface area contributed by atoms with Gasteiger partial charge in [0.25, 0.3) is 5.91 Å². The van der Waals surface area contributed by atoms with Gasteiger partial charge in [0.05, 0.1) is 12.6 Å². The van der Waals surface area contributed by atoms with Crippen molar-refractivity contribution < 1.29 is 18.7 Å². The van der Waals surface area contributed by atoms with E-state index in [4.69, 9.17) is 4.42 Å². The highest BCUT2D eigenvalue weighted by Crippen LogP contribution is 2.13. The summed E-state index contributed by atoms with van der Waals surface area (Å²) in [4.78, 5) is 20.9. The molecule has 2 N–H and O–H groups in total. The molecule has 27 heavy (non-hydrogen) atoms. The molecule has 1 fully saturated rings. The molecule has 1 aromatic heterocycles. The fourth-order valence-electron chi connectivity index (χ4n) is 3.00. The van der Waals surface area contributed by atoms with Gasteiger partial charge in [0.1, 0.15) is 12.1 Å². The zero-order valence-electron chi connectivity index (χ0n) is 15.4. The Kier molecular flexibility index (Phi) is 6.54. The van der Waals surface area contributed by atoms with Gasteiger partial charge in [0, 0.05) is 38.4 Å². The van der Waals surface area contributed by atoms with Gasteiger partial charge in [-0.25, -0.2) is 9.37 Å². The molecule has 1 aromatic carbocycles. The average molecular weight is 376 g/mol. The van der Waals surface area contributed by atoms with Crippen molar-refractivity contribution in [2.24, 2.45) is 0 Å². The van der Waals surface area contributed by atoms with Gasteiger partial charge in [-0.3, -0.25) is 14.6 Å². The normalized spacial score (nSPS) is 17.0.